The van der Waals surface area contributed by atoms with Crippen molar-refractivity contribution in [3.8, 4) is 0 Å². The van der Waals surface area contributed by atoms with Gasteiger partial charge >= 0.3 is 6.09 Å². The average Bonchev–Trinajstić information content (AvgIpc) is 3.49. The first kappa shape index (κ1) is 24.1. The molecule has 2 N–H and O–H groups in total. The first-order valence-electron chi connectivity index (χ1n) is 12.4. The van der Waals surface area contributed by atoms with Crippen LogP contribution in [-0.4, -0.2) is 52.6 Å². The van der Waals surface area contributed by atoms with Crippen molar-refractivity contribution in [1.29, 1.82) is 0 Å². The van der Waals surface area contributed by atoms with E-state index >= 15 is 0 Å². The molecule has 2 aromatic carbocycles. The first-order valence-corrected chi connectivity index (χ1v) is 12.4. The van der Waals surface area contributed by atoms with Crippen LogP contribution < -0.4 is 5.32 Å². The minimum atomic E-state index is -0.659. The molecule has 2 aliphatic rings. The van der Waals surface area contributed by atoms with Crippen molar-refractivity contribution in [3.05, 3.63) is 83.0 Å². The molecule has 2 unspecified atom stereocenters. The molecule has 1 fully saturated rings. The number of amides is 2. The fourth-order valence-corrected chi connectivity index (χ4v) is 5.07. The Bertz CT molecular complexity index is 1240. The van der Waals surface area contributed by atoms with Gasteiger partial charge in [-0.25, -0.2) is 4.79 Å². The van der Waals surface area contributed by atoms with Crippen LogP contribution in [0, 0.1) is 5.92 Å². The molecular formula is C28H33N5O3. The van der Waals surface area contributed by atoms with Crippen molar-refractivity contribution < 1.29 is 14.3 Å². The van der Waals surface area contributed by atoms with E-state index < -0.39 is 17.7 Å². The van der Waals surface area contributed by atoms with Gasteiger partial charge in [-0.05, 0) is 51.4 Å². The van der Waals surface area contributed by atoms with Crippen LogP contribution >= 0.6 is 0 Å². The van der Waals surface area contributed by atoms with Crippen molar-refractivity contribution in [3.63, 3.8) is 0 Å². The predicted molar refractivity (Wildman–Crippen MR) is 137 cm³/mol. The van der Waals surface area contributed by atoms with Gasteiger partial charge in [0.15, 0.2) is 5.82 Å². The maximum atomic E-state index is 13.4. The van der Waals surface area contributed by atoms with Gasteiger partial charge in [0.25, 0.3) is 0 Å². The molecule has 2 amide bonds. The van der Waals surface area contributed by atoms with E-state index in [4.69, 9.17) is 4.74 Å². The minimum absolute atomic E-state index is 0.0351. The third kappa shape index (κ3) is 4.60. The third-order valence-corrected chi connectivity index (χ3v) is 7.23. The molecule has 0 saturated heterocycles. The molecule has 1 aliphatic carbocycles. The van der Waals surface area contributed by atoms with Crippen molar-refractivity contribution in [2.75, 3.05) is 26.0 Å². The molecule has 1 saturated carbocycles. The number of likely N-dealkylation sites (N-methyl/N-ethyl adjacent to an activating group) is 1. The van der Waals surface area contributed by atoms with Gasteiger partial charge in [0.2, 0.25) is 5.91 Å². The highest BCUT2D eigenvalue weighted by molar-refractivity contribution is 5.95. The number of H-pyrrole nitrogens is 1. The zero-order valence-corrected chi connectivity index (χ0v) is 21.2. The quantitative estimate of drug-likeness (QED) is 0.507. The van der Waals surface area contributed by atoms with Crippen LogP contribution in [0.3, 0.4) is 0 Å². The number of nitrogens with zero attached hydrogens (tertiary/aromatic N) is 3. The molecule has 36 heavy (non-hydrogen) atoms. The van der Waals surface area contributed by atoms with E-state index in [1.165, 1.54) is 5.56 Å². The first-order chi connectivity index (χ1) is 17.3. The van der Waals surface area contributed by atoms with Crippen LogP contribution in [0.25, 0.3) is 0 Å². The van der Waals surface area contributed by atoms with Crippen LogP contribution in [0.1, 0.15) is 54.7 Å². The smallest absolute Gasteiger partial charge is 0.411 e. The topological polar surface area (TPSA) is 90.6 Å². The SMILES string of the molecule is CN(C)C[C@@H](OC(=O)N1Cc2c(NC(=O)C3CC3c3ccccc3)n[nH]c2C1(C)C)c1ccccc1. The lowest BCUT2D eigenvalue weighted by atomic mass is 10.0. The maximum Gasteiger partial charge on any atom is 0.411 e. The molecule has 3 aromatic rings. The number of aromatic amines is 1. The third-order valence-electron chi connectivity index (χ3n) is 7.23. The largest absolute Gasteiger partial charge is 0.440 e. The number of carbonyl (C=O) groups excluding carboxylic acids is 2. The number of aromatic nitrogens is 2. The standard InChI is InChI=1S/C28H33N5O3/c1-28(2)24-22(16-33(28)27(35)36-23(17-32(3)4)19-13-9-6-10-14-19)25(31-30-24)29-26(34)21-15-20(21)18-11-7-5-8-12-18/h5-14,20-21,23H,15-17H2,1-4H3,(H2,29,30,31,34)/t20?,21?,23-/m1/s1. The number of carbonyl (C=O) groups is 2. The Hall–Kier alpha value is -3.65. The van der Waals surface area contributed by atoms with Gasteiger partial charge in [0.05, 0.1) is 17.8 Å². The Kier molecular flexibility index (Phi) is 6.30. The Balaban J connectivity index is 1.28. The number of fused-ring (bicyclic) bond motifs is 1. The van der Waals surface area contributed by atoms with Crippen molar-refractivity contribution in [2.24, 2.45) is 5.92 Å². The summed E-state index contributed by atoms with van der Waals surface area (Å²) < 4.78 is 6.02. The molecule has 3 atom stereocenters. The van der Waals surface area contributed by atoms with E-state index in [0.717, 1.165) is 23.2 Å². The van der Waals surface area contributed by atoms with Gasteiger partial charge in [-0.3, -0.25) is 14.8 Å². The Labute approximate surface area is 211 Å². The predicted octanol–water partition coefficient (Wildman–Crippen LogP) is 4.64. The van der Waals surface area contributed by atoms with E-state index in [0.29, 0.717) is 18.9 Å². The number of hydrogen-bond acceptors (Lipinski definition) is 5. The molecule has 5 rings (SSSR count). The van der Waals surface area contributed by atoms with E-state index in [9.17, 15) is 9.59 Å². The molecule has 8 heteroatoms. The molecule has 0 radical (unpaired) electrons. The summed E-state index contributed by atoms with van der Waals surface area (Å²) >= 11 is 0. The summed E-state index contributed by atoms with van der Waals surface area (Å²) in [7, 11) is 3.91. The minimum Gasteiger partial charge on any atom is -0.440 e. The molecule has 2 heterocycles. The summed E-state index contributed by atoms with van der Waals surface area (Å²) in [5.41, 5.74) is 3.11. The number of anilines is 1. The maximum absolute atomic E-state index is 13.4. The number of hydrogen-bond donors (Lipinski definition) is 2. The van der Waals surface area contributed by atoms with Gasteiger partial charge in [-0.15, -0.1) is 0 Å². The molecule has 1 aromatic heterocycles. The van der Waals surface area contributed by atoms with E-state index in [2.05, 4.69) is 27.6 Å². The van der Waals surface area contributed by atoms with Gasteiger partial charge in [-0.1, -0.05) is 60.7 Å². The second kappa shape index (κ2) is 9.43. The lowest BCUT2D eigenvalue weighted by molar-refractivity contribution is -0.117. The number of benzene rings is 2. The van der Waals surface area contributed by atoms with Crippen LogP contribution in [0.4, 0.5) is 10.6 Å². The van der Waals surface area contributed by atoms with Crippen molar-refractivity contribution >= 4 is 17.8 Å². The molecule has 0 bridgehead atoms. The highest BCUT2D eigenvalue weighted by Gasteiger charge is 2.47. The lowest BCUT2D eigenvalue weighted by Gasteiger charge is -2.33. The summed E-state index contributed by atoms with van der Waals surface area (Å²) in [5.74, 6) is 0.637. The zero-order valence-electron chi connectivity index (χ0n) is 21.2. The molecule has 1 aliphatic heterocycles. The summed E-state index contributed by atoms with van der Waals surface area (Å²) in [6.07, 6.45) is 0.0357. The summed E-state index contributed by atoms with van der Waals surface area (Å²) in [5, 5.41) is 10.5. The van der Waals surface area contributed by atoms with Crippen molar-refractivity contribution in [2.45, 2.75) is 44.4 Å². The van der Waals surface area contributed by atoms with Gasteiger partial charge in [0.1, 0.15) is 6.10 Å². The molecule has 0 spiro atoms. The van der Waals surface area contributed by atoms with E-state index in [1.807, 2.05) is 81.4 Å². The fourth-order valence-electron chi connectivity index (χ4n) is 5.07. The number of rotatable bonds is 7. The van der Waals surface area contributed by atoms with E-state index in [-0.39, 0.29) is 17.7 Å². The number of ether oxygens (including phenoxy) is 1. The normalized spacial score (nSPS) is 20.6. The Morgan fingerprint density at radius 1 is 1.14 bits per heavy atom. The summed E-state index contributed by atoms with van der Waals surface area (Å²) in [6.45, 7) is 4.80. The number of nitrogens with one attached hydrogen (secondary N) is 2. The van der Waals surface area contributed by atoms with Gasteiger partial charge in [0, 0.05) is 18.0 Å². The molecular weight excluding hydrogens is 454 g/mol. The second-order valence-corrected chi connectivity index (χ2v) is 10.5. The van der Waals surface area contributed by atoms with E-state index in [1.54, 1.807) is 4.90 Å². The Morgan fingerprint density at radius 3 is 2.47 bits per heavy atom. The Morgan fingerprint density at radius 2 is 1.81 bits per heavy atom. The van der Waals surface area contributed by atoms with Gasteiger partial charge in [-0.2, -0.15) is 5.10 Å². The lowest BCUT2D eigenvalue weighted by Crippen LogP contribution is -2.42. The average molecular weight is 488 g/mol. The van der Waals surface area contributed by atoms with Crippen LogP contribution in [0.2, 0.25) is 0 Å². The summed E-state index contributed by atoms with van der Waals surface area (Å²) in [6, 6.07) is 19.9. The fraction of sp³-hybridized carbons (Fsp3) is 0.393. The molecule has 188 valence electrons. The summed E-state index contributed by atoms with van der Waals surface area (Å²) in [4.78, 5) is 30.1. The van der Waals surface area contributed by atoms with Gasteiger partial charge < -0.3 is 15.0 Å². The second-order valence-electron chi connectivity index (χ2n) is 10.5. The monoisotopic (exact) mass is 487 g/mol. The van der Waals surface area contributed by atoms with Crippen LogP contribution in [-0.2, 0) is 21.6 Å². The van der Waals surface area contributed by atoms with Crippen LogP contribution in [0.15, 0.2) is 60.7 Å². The van der Waals surface area contributed by atoms with Crippen LogP contribution in [0.5, 0.6) is 0 Å². The highest BCUT2D eigenvalue weighted by atomic mass is 16.6. The van der Waals surface area contributed by atoms with Crippen molar-refractivity contribution in [1.82, 2.24) is 20.0 Å². The zero-order chi connectivity index (χ0) is 25.4. The molecule has 8 nitrogen and oxygen atoms in total. The highest BCUT2D eigenvalue weighted by Crippen LogP contribution is 2.48.